The maximum absolute atomic E-state index is 8.70. The topological polar surface area (TPSA) is 139 Å². The van der Waals surface area contributed by atoms with Gasteiger partial charge in [-0.25, -0.2) is 5.26 Å². The lowest BCUT2D eigenvalue weighted by molar-refractivity contribution is 0.403. The molecule has 0 unspecified atom stereocenters. The van der Waals surface area contributed by atoms with E-state index in [9.17, 15) is 0 Å². The van der Waals surface area contributed by atoms with Crippen molar-refractivity contribution in [2.75, 3.05) is 0 Å². The summed E-state index contributed by atoms with van der Waals surface area (Å²) in [6.07, 6.45) is 0. The summed E-state index contributed by atoms with van der Waals surface area (Å²) >= 11 is 0. The number of rotatable bonds is 0. The van der Waals surface area contributed by atoms with Crippen molar-refractivity contribution in [1.82, 2.24) is 0 Å². The van der Waals surface area contributed by atoms with E-state index in [1.807, 2.05) is 0 Å². The lowest BCUT2D eigenvalue weighted by Crippen LogP contribution is -1.38. The number of nitrogens with zero attached hydrogens (tertiary/aromatic N) is 1. The Balaban J connectivity index is -0.0000000787. The first-order valence-corrected chi connectivity index (χ1v) is 3.75. The lowest BCUT2D eigenvalue weighted by atomic mass is 11.9. The fraction of sp³-hybridized carbons (Fsp3) is 0. The maximum Gasteiger partial charge on any atom is 0.692 e. The van der Waals surface area contributed by atoms with E-state index in [1.54, 1.807) is 0 Å². The fourth-order valence-electron chi connectivity index (χ4n) is 0. The van der Waals surface area contributed by atoms with E-state index >= 15 is 0 Å². The van der Waals surface area contributed by atoms with Crippen molar-refractivity contribution in [3.05, 3.63) is 0 Å². The minimum atomic E-state index is -2.87. The van der Waals surface area contributed by atoms with Gasteiger partial charge in [-0.05, 0) is 0 Å². The molecule has 9 heteroatoms. The van der Waals surface area contributed by atoms with Crippen LogP contribution in [0.2, 0.25) is 0 Å². The first-order chi connectivity index (χ1) is 4.46. The number of hydrogen-bond acceptors (Lipinski definition) is 3. The Labute approximate surface area is 58.1 Å². The third-order valence-corrected chi connectivity index (χ3v) is 0. The van der Waals surface area contributed by atoms with Gasteiger partial charge in [-0.1, -0.05) is 0 Å². The minimum Gasteiger partial charge on any atom is -0.202 e. The van der Waals surface area contributed by atoms with Gasteiger partial charge in [0, 0.05) is 15.7 Å². The summed E-state index contributed by atoms with van der Waals surface area (Å²) in [5.74, 6) is 0. The average Bonchev–Trinajstić information content (AvgIpc) is 1.66. The van der Waals surface area contributed by atoms with Gasteiger partial charge in [0.05, 0.1) is 0 Å². The Hall–Kier alpha value is -0.470. The fourth-order valence-corrected chi connectivity index (χ4v) is 0. The van der Waals surface area contributed by atoms with E-state index in [0.717, 1.165) is 0 Å². The van der Waals surface area contributed by atoms with Crippen molar-refractivity contribution in [3.63, 3.8) is 0 Å². The molecule has 0 aromatic carbocycles. The molecule has 0 aliphatic rings. The quantitative estimate of drug-likeness (QED) is 0.373. The third-order valence-electron chi connectivity index (χ3n) is 0. The lowest BCUT2D eigenvalue weighted by Gasteiger charge is -1.34. The number of nitriles is 1. The molecule has 7 nitrogen and oxygen atoms in total. The second-order valence-electron chi connectivity index (χ2n) is 0.505. The van der Waals surface area contributed by atoms with E-state index in [1.165, 1.54) is 0 Å². The molecule has 0 atom stereocenters. The van der Waals surface area contributed by atoms with Gasteiger partial charge in [0.15, 0.2) is 0 Å². The summed E-state index contributed by atoms with van der Waals surface area (Å²) in [6, 6.07) is 0. The first kappa shape index (κ1) is 16.3. The molecule has 0 saturated heterocycles. The molecule has 0 fully saturated rings. The van der Waals surface area contributed by atoms with E-state index in [-0.39, 0.29) is 0 Å². The molecule has 4 N–H and O–H groups in total. The van der Waals surface area contributed by atoms with E-state index in [0.29, 0.717) is 0 Å². The SMILES string of the molecule is C#N.O=[P+](O)O.O=[P+](O)O. The molecule has 0 aromatic rings. The van der Waals surface area contributed by atoms with Gasteiger partial charge < -0.3 is 0 Å². The summed E-state index contributed by atoms with van der Waals surface area (Å²) in [7, 11) is -5.74. The van der Waals surface area contributed by atoms with Crippen molar-refractivity contribution < 1.29 is 28.7 Å². The Morgan fingerprint density at radius 2 is 0.900 bits per heavy atom. The minimum absolute atomic E-state index is 2.87. The second kappa shape index (κ2) is 15.8. The van der Waals surface area contributed by atoms with Crippen LogP contribution in [0, 0.1) is 11.8 Å². The normalized spacial score (nSPS) is 5.40. The predicted molar refractivity (Wildman–Crippen MR) is 30.8 cm³/mol. The molecule has 0 saturated carbocycles. The van der Waals surface area contributed by atoms with Crippen LogP contribution in [0.1, 0.15) is 0 Å². The van der Waals surface area contributed by atoms with Gasteiger partial charge in [0.1, 0.15) is 0 Å². The Bertz CT molecular complexity index is 100. The van der Waals surface area contributed by atoms with Gasteiger partial charge in [-0.3, -0.25) is 0 Å². The third kappa shape index (κ3) is 1450. The van der Waals surface area contributed by atoms with Crippen LogP contribution in [0.25, 0.3) is 0 Å². The zero-order valence-electron chi connectivity index (χ0n) is 4.52. The molecule has 0 amide bonds. The zero-order valence-corrected chi connectivity index (χ0v) is 6.31. The van der Waals surface area contributed by atoms with Crippen molar-refractivity contribution in [1.29, 1.82) is 5.26 Å². The van der Waals surface area contributed by atoms with Gasteiger partial charge in [-0.15, -0.1) is 19.6 Å². The summed E-state index contributed by atoms with van der Waals surface area (Å²) in [5, 5.41) is 6.50. The summed E-state index contributed by atoms with van der Waals surface area (Å²) in [4.78, 5) is 28.5. The second-order valence-corrected chi connectivity index (χ2v) is 1.52. The molecule has 0 heterocycles. The smallest absolute Gasteiger partial charge is 0.202 e. The standard InChI is InChI=1S/CHN.2HO3P/c1-2;2*1-4(2)3/h1H;2*(H-,1,2,3)/p+2. The maximum atomic E-state index is 8.70. The molecule has 0 radical (unpaired) electrons. The molecule has 0 aliphatic carbocycles. The molecule has 0 rings (SSSR count). The Kier molecular flexibility index (Phi) is 25.7. The highest BCUT2D eigenvalue weighted by atomic mass is 31.1. The molecule has 58 valence electrons. The van der Waals surface area contributed by atoms with Crippen LogP contribution >= 0.6 is 16.5 Å². The number of hydrogen-bond donors (Lipinski definition) is 4. The van der Waals surface area contributed by atoms with Gasteiger partial charge in [-0.2, -0.15) is 0 Å². The highest BCUT2D eigenvalue weighted by Gasteiger charge is 1.93. The van der Waals surface area contributed by atoms with Crippen molar-refractivity contribution in [2.45, 2.75) is 0 Å². The summed E-state index contributed by atoms with van der Waals surface area (Å²) in [6.45, 7) is 3.50. The van der Waals surface area contributed by atoms with Crippen LogP contribution in [0.3, 0.4) is 0 Å². The van der Waals surface area contributed by atoms with Crippen LogP contribution in [0.4, 0.5) is 0 Å². The molecule has 0 bridgehead atoms. The molecule has 0 aliphatic heterocycles. The zero-order chi connectivity index (χ0) is 9.15. The summed E-state index contributed by atoms with van der Waals surface area (Å²) in [5.41, 5.74) is 0. The van der Waals surface area contributed by atoms with Crippen LogP contribution in [-0.4, -0.2) is 19.6 Å². The van der Waals surface area contributed by atoms with Crippen molar-refractivity contribution >= 4 is 16.5 Å². The predicted octanol–water partition coefficient (Wildman–Crippen LogP) is -0.603. The van der Waals surface area contributed by atoms with E-state index in [2.05, 4.69) is 6.57 Å². The van der Waals surface area contributed by atoms with Crippen LogP contribution in [0.15, 0.2) is 0 Å². The van der Waals surface area contributed by atoms with Crippen LogP contribution in [0.5, 0.6) is 0 Å². The highest BCUT2D eigenvalue weighted by Crippen LogP contribution is 1.98. The van der Waals surface area contributed by atoms with Gasteiger partial charge >= 0.3 is 16.5 Å². The molecule has 0 aromatic heterocycles. The Morgan fingerprint density at radius 3 is 0.900 bits per heavy atom. The average molecular weight is 189 g/mol. The monoisotopic (exact) mass is 189 g/mol. The highest BCUT2D eigenvalue weighted by molar-refractivity contribution is 7.31. The molecule has 0 spiro atoms. The molecular weight excluding hydrogens is 184 g/mol. The molecule has 10 heavy (non-hydrogen) atoms. The Morgan fingerprint density at radius 1 is 0.900 bits per heavy atom. The summed E-state index contributed by atoms with van der Waals surface area (Å²) < 4.78 is 17.4. The van der Waals surface area contributed by atoms with Crippen molar-refractivity contribution in [2.24, 2.45) is 0 Å². The first-order valence-electron chi connectivity index (χ1n) is 1.42. The van der Waals surface area contributed by atoms with E-state index in [4.69, 9.17) is 34.0 Å². The van der Waals surface area contributed by atoms with Crippen molar-refractivity contribution in [3.8, 4) is 6.57 Å². The van der Waals surface area contributed by atoms with Crippen LogP contribution < -0.4 is 0 Å². The van der Waals surface area contributed by atoms with Gasteiger partial charge in [0.25, 0.3) is 0 Å². The van der Waals surface area contributed by atoms with Crippen LogP contribution in [-0.2, 0) is 9.13 Å². The largest absolute Gasteiger partial charge is 0.692 e. The van der Waals surface area contributed by atoms with E-state index < -0.39 is 16.5 Å². The molecular formula is CH5NO6P2+2. The van der Waals surface area contributed by atoms with Gasteiger partial charge in [0.2, 0.25) is 0 Å².